The summed E-state index contributed by atoms with van der Waals surface area (Å²) in [5.41, 5.74) is -0.495. The van der Waals surface area contributed by atoms with Gasteiger partial charge in [0.25, 0.3) is 0 Å². The number of hydrogen-bond acceptors (Lipinski definition) is 3. The molecule has 0 bridgehead atoms. The summed E-state index contributed by atoms with van der Waals surface area (Å²) in [6.07, 6.45) is 0.586. The van der Waals surface area contributed by atoms with Gasteiger partial charge in [-0.05, 0) is 27.7 Å². The normalized spacial score (nSPS) is 13.2. The Morgan fingerprint density at radius 3 is 2.46 bits per heavy atom. The predicted molar refractivity (Wildman–Crippen MR) is 49.5 cm³/mol. The number of nitrogens with one attached hydrogen (secondary N) is 1. The highest BCUT2D eigenvalue weighted by molar-refractivity contribution is 5.68. The number of carbonyl (C=O) groups is 2. The molecule has 0 aliphatic carbocycles. The van der Waals surface area contributed by atoms with E-state index in [4.69, 9.17) is 4.74 Å². The molecule has 0 aromatic carbocycles. The summed E-state index contributed by atoms with van der Waals surface area (Å²) in [6.45, 7) is 7.11. The van der Waals surface area contributed by atoms with Crippen LogP contribution >= 0.6 is 0 Å². The van der Waals surface area contributed by atoms with Crippen LogP contribution in [0.4, 0.5) is 4.79 Å². The van der Waals surface area contributed by atoms with Crippen LogP contribution in [0.1, 0.15) is 34.1 Å². The van der Waals surface area contributed by atoms with E-state index in [1.165, 1.54) is 0 Å². The third-order valence-corrected chi connectivity index (χ3v) is 1.21. The first-order chi connectivity index (χ1) is 5.85. The number of aldehydes is 1. The van der Waals surface area contributed by atoms with Crippen LogP contribution in [0.3, 0.4) is 0 Å². The zero-order valence-electron chi connectivity index (χ0n) is 8.59. The smallest absolute Gasteiger partial charge is 0.407 e. The second kappa shape index (κ2) is 4.84. The molecule has 0 heterocycles. The van der Waals surface area contributed by atoms with Crippen molar-refractivity contribution in [2.24, 2.45) is 0 Å². The van der Waals surface area contributed by atoms with Crippen molar-refractivity contribution in [1.82, 2.24) is 5.32 Å². The van der Waals surface area contributed by atoms with E-state index in [1.54, 1.807) is 27.7 Å². The Morgan fingerprint density at radius 1 is 1.54 bits per heavy atom. The van der Waals surface area contributed by atoms with Crippen molar-refractivity contribution in [3.63, 3.8) is 0 Å². The fourth-order valence-corrected chi connectivity index (χ4v) is 0.712. The lowest BCUT2D eigenvalue weighted by Crippen LogP contribution is -2.37. The molecule has 0 fully saturated rings. The van der Waals surface area contributed by atoms with Crippen molar-refractivity contribution in [2.45, 2.75) is 45.8 Å². The highest BCUT2D eigenvalue weighted by Crippen LogP contribution is 2.06. The number of amides is 1. The first-order valence-corrected chi connectivity index (χ1v) is 4.28. The van der Waals surface area contributed by atoms with Crippen LogP contribution in [0.15, 0.2) is 0 Å². The van der Waals surface area contributed by atoms with Gasteiger partial charge in [-0.1, -0.05) is 0 Å². The van der Waals surface area contributed by atoms with E-state index in [1.807, 2.05) is 0 Å². The zero-order valence-corrected chi connectivity index (χ0v) is 8.59. The zero-order chi connectivity index (χ0) is 10.5. The van der Waals surface area contributed by atoms with Crippen molar-refractivity contribution in [3.8, 4) is 0 Å². The van der Waals surface area contributed by atoms with E-state index in [-0.39, 0.29) is 6.04 Å². The molecular weight excluding hydrogens is 170 g/mol. The minimum atomic E-state index is -0.495. The van der Waals surface area contributed by atoms with Gasteiger partial charge in [-0.15, -0.1) is 0 Å². The Bertz CT molecular complexity index is 184. The van der Waals surface area contributed by atoms with Gasteiger partial charge in [-0.25, -0.2) is 4.79 Å². The summed E-state index contributed by atoms with van der Waals surface area (Å²) >= 11 is 0. The Kier molecular flexibility index (Phi) is 4.45. The summed E-state index contributed by atoms with van der Waals surface area (Å²) in [6, 6.07) is -0.174. The number of carbonyl (C=O) groups excluding carboxylic acids is 2. The molecule has 0 unspecified atom stereocenters. The maximum atomic E-state index is 11.1. The molecule has 76 valence electrons. The Balaban J connectivity index is 3.81. The average Bonchev–Trinajstić information content (AvgIpc) is 1.81. The van der Waals surface area contributed by atoms with E-state index in [0.717, 1.165) is 6.29 Å². The fraction of sp³-hybridized carbons (Fsp3) is 0.778. The molecular formula is C9H17NO3. The molecule has 0 spiro atoms. The van der Waals surface area contributed by atoms with Gasteiger partial charge in [0.1, 0.15) is 11.9 Å². The molecule has 0 aliphatic heterocycles. The van der Waals surface area contributed by atoms with E-state index in [9.17, 15) is 9.59 Å². The average molecular weight is 187 g/mol. The van der Waals surface area contributed by atoms with E-state index in [2.05, 4.69) is 5.32 Å². The van der Waals surface area contributed by atoms with Crippen molar-refractivity contribution in [2.75, 3.05) is 0 Å². The van der Waals surface area contributed by atoms with Crippen molar-refractivity contribution in [3.05, 3.63) is 0 Å². The number of hydrogen-bond donors (Lipinski definition) is 1. The third-order valence-electron chi connectivity index (χ3n) is 1.21. The third kappa shape index (κ3) is 7.31. The van der Waals surface area contributed by atoms with Gasteiger partial charge in [0.2, 0.25) is 0 Å². The van der Waals surface area contributed by atoms with Gasteiger partial charge in [0, 0.05) is 12.5 Å². The van der Waals surface area contributed by atoms with E-state index < -0.39 is 11.7 Å². The lowest BCUT2D eigenvalue weighted by Gasteiger charge is -2.21. The van der Waals surface area contributed by atoms with Crippen molar-refractivity contribution in [1.29, 1.82) is 0 Å². The molecule has 0 aromatic heterocycles. The molecule has 1 amide bonds. The molecule has 4 nitrogen and oxygen atoms in total. The second-order valence-electron chi connectivity index (χ2n) is 3.95. The highest BCUT2D eigenvalue weighted by atomic mass is 16.6. The van der Waals surface area contributed by atoms with Crippen LogP contribution in [0.2, 0.25) is 0 Å². The van der Waals surface area contributed by atoms with Crippen molar-refractivity contribution >= 4 is 12.4 Å². The van der Waals surface area contributed by atoms with Crippen LogP contribution in [0.5, 0.6) is 0 Å². The van der Waals surface area contributed by atoms with Crippen molar-refractivity contribution < 1.29 is 14.3 Å². The van der Waals surface area contributed by atoms with Gasteiger partial charge < -0.3 is 14.8 Å². The SMILES string of the molecule is C[C@H](CC=O)NC(=O)OC(C)(C)C. The summed E-state index contributed by atoms with van der Waals surface area (Å²) in [5, 5.41) is 2.54. The summed E-state index contributed by atoms with van der Waals surface area (Å²) in [4.78, 5) is 21.2. The molecule has 0 saturated heterocycles. The minimum Gasteiger partial charge on any atom is -0.444 e. The van der Waals surface area contributed by atoms with Gasteiger partial charge in [-0.3, -0.25) is 0 Å². The van der Waals surface area contributed by atoms with Gasteiger partial charge >= 0.3 is 6.09 Å². The van der Waals surface area contributed by atoms with Crippen LogP contribution in [0, 0.1) is 0 Å². The molecule has 0 radical (unpaired) electrons. The predicted octanol–water partition coefficient (Wildman–Crippen LogP) is 1.49. The molecule has 1 atom stereocenters. The van der Waals surface area contributed by atoms with Gasteiger partial charge in [0.15, 0.2) is 0 Å². The van der Waals surface area contributed by atoms with Crippen LogP contribution in [-0.2, 0) is 9.53 Å². The summed E-state index contributed by atoms with van der Waals surface area (Å²) in [5.74, 6) is 0. The van der Waals surface area contributed by atoms with E-state index in [0.29, 0.717) is 6.42 Å². The molecule has 0 aliphatic rings. The number of rotatable bonds is 3. The highest BCUT2D eigenvalue weighted by Gasteiger charge is 2.17. The second-order valence-corrected chi connectivity index (χ2v) is 3.95. The topological polar surface area (TPSA) is 55.4 Å². The fourth-order valence-electron chi connectivity index (χ4n) is 0.712. The summed E-state index contributed by atoms with van der Waals surface area (Å²) < 4.78 is 4.99. The monoisotopic (exact) mass is 187 g/mol. The van der Waals surface area contributed by atoms with Crippen LogP contribution in [0.25, 0.3) is 0 Å². The Morgan fingerprint density at radius 2 is 2.08 bits per heavy atom. The standard InChI is InChI=1S/C9H17NO3/c1-7(5-6-11)10-8(12)13-9(2,3)4/h6-7H,5H2,1-4H3,(H,10,12)/t7-/m1/s1. The lowest BCUT2D eigenvalue weighted by molar-refractivity contribution is -0.108. The molecule has 13 heavy (non-hydrogen) atoms. The molecule has 0 aromatic rings. The minimum absolute atomic E-state index is 0.174. The molecule has 4 heteroatoms. The molecule has 0 saturated carbocycles. The maximum absolute atomic E-state index is 11.1. The quantitative estimate of drug-likeness (QED) is 0.681. The lowest BCUT2D eigenvalue weighted by atomic mass is 10.2. The summed E-state index contributed by atoms with van der Waals surface area (Å²) in [7, 11) is 0. The van der Waals surface area contributed by atoms with Crippen LogP contribution in [-0.4, -0.2) is 24.0 Å². The first kappa shape index (κ1) is 11.9. The molecule has 0 rings (SSSR count). The van der Waals surface area contributed by atoms with Gasteiger partial charge in [0.05, 0.1) is 0 Å². The number of alkyl carbamates (subject to hydrolysis) is 1. The Labute approximate surface area is 78.6 Å². The number of ether oxygens (including phenoxy) is 1. The Hall–Kier alpha value is -1.06. The molecule has 1 N–H and O–H groups in total. The largest absolute Gasteiger partial charge is 0.444 e. The first-order valence-electron chi connectivity index (χ1n) is 4.28. The maximum Gasteiger partial charge on any atom is 0.407 e. The van der Waals surface area contributed by atoms with Crippen LogP contribution < -0.4 is 5.32 Å². The van der Waals surface area contributed by atoms with Gasteiger partial charge in [-0.2, -0.15) is 0 Å². The van der Waals surface area contributed by atoms with E-state index >= 15 is 0 Å².